The van der Waals surface area contributed by atoms with Crippen LogP contribution in [0.5, 0.6) is 0 Å². The number of hydrazine groups is 1. The smallest absolute Gasteiger partial charge is 0.132 e. The van der Waals surface area contributed by atoms with Gasteiger partial charge in [-0.05, 0) is 55.4 Å². The van der Waals surface area contributed by atoms with E-state index in [0.29, 0.717) is 5.92 Å². The third kappa shape index (κ3) is 5.08. The summed E-state index contributed by atoms with van der Waals surface area (Å²) in [5, 5.41) is 8.13. The van der Waals surface area contributed by atoms with Crippen LogP contribution in [-0.2, 0) is 13.6 Å². The molecule has 184 valence electrons. The summed E-state index contributed by atoms with van der Waals surface area (Å²) < 4.78 is 1.85. The highest BCUT2D eigenvalue weighted by Gasteiger charge is 2.14. The van der Waals surface area contributed by atoms with Gasteiger partial charge in [0.1, 0.15) is 17.3 Å². The normalized spacial score (nSPS) is 13.4. The summed E-state index contributed by atoms with van der Waals surface area (Å²) in [5.41, 5.74) is 14.4. The summed E-state index contributed by atoms with van der Waals surface area (Å²) in [7, 11) is 6.10. The van der Waals surface area contributed by atoms with Crippen LogP contribution in [-0.4, -0.2) is 38.7 Å². The molecule has 3 aromatic heterocycles. The van der Waals surface area contributed by atoms with Crippen LogP contribution in [0.2, 0.25) is 0 Å². The molecule has 8 heteroatoms. The van der Waals surface area contributed by atoms with Crippen LogP contribution in [0.25, 0.3) is 33.4 Å². The molecule has 1 aromatic carbocycles. The zero-order valence-electron chi connectivity index (χ0n) is 21.4. The second-order valence-corrected chi connectivity index (χ2v) is 9.71. The van der Waals surface area contributed by atoms with Gasteiger partial charge < -0.3 is 15.6 Å². The molecule has 0 atom stereocenters. The molecule has 0 amide bonds. The Morgan fingerprint density at radius 2 is 1.83 bits per heavy atom. The third-order valence-electron chi connectivity index (χ3n) is 6.09. The molecule has 0 bridgehead atoms. The average molecular weight is 481 g/mol. The van der Waals surface area contributed by atoms with Crippen molar-refractivity contribution < 1.29 is 0 Å². The lowest BCUT2D eigenvalue weighted by molar-refractivity contribution is 0.402. The second kappa shape index (κ2) is 9.83. The van der Waals surface area contributed by atoms with Crippen molar-refractivity contribution in [3.63, 3.8) is 0 Å². The Morgan fingerprint density at radius 1 is 1.03 bits per heavy atom. The SMILES string of the molecule is CC(C)C1=CNNC(Nc2ccc3ncc(-c4cn(C)nc4-c4ccc(CN(C)C)cc4)cc3n2)=C1. The van der Waals surface area contributed by atoms with Crippen molar-refractivity contribution in [2.24, 2.45) is 13.0 Å². The molecule has 0 spiro atoms. The minimum atomic E-state index is 0.422. The van der Waals surface area contributed by atoms with Crippen LogP contribution >= 0.6 is 0 Å². The monoisotopic (exact) mass is 480 g/mol. The Hall–Kier alpha value is -4.17. The Kier molecular flexibility index (Phi) is 6.43. The minimum Gasteiger partial charge on any atom is -0.325 e. The second-order valence-electron chi connectivity index (χ2n) is 9.71. The molecule has 36 heavy (non-hydrogen) atoms. The van der Waals surface area contributed by atoms with E-state index in [0.717, 1.165) is 51.6 Å². The van der Waals surface area contributed by atoms with Gasteiger partial charge in [-0.3, -0.25) is 15.1 Å². The highest BCUT2D eigenvalue weighted by Crippen LogP contribution is 2.32. The Bertz CT molecular complexity index is 1440. The van der Waals surface area contributed by atoms with E-state index in [1.165, 1.54) is 11.1 Å². The quantitative estimate of drug-likeness (QED) is 0.355. The van der Waals surface area contributed by atoms with E-state index in [1.54, 1.807) is 0 Å². The van der Waals surface area contributed by atoms with E-state index in [1.807, 2.05) is 42.5 Å². The predicted octanol–water partition coefficient (Wildman–Crippen LogP) is 4.66. The van der Waals surface area contributed by atoms with Crippen molar-refractivity contribution in [2.45, 2.75) is 20.4 Å². The highest BCUT2D eigenvalue weighted by atomic mass is 15.4. The predicted molar refractivity (Wildman–Crippen MR) is 145 cm³/mol. The Morgan fingerprint density at radius 3 is 2.58 bits per heavy atom. The lowest BCUT2D eigenvalue weighted by Gasteiger charge is -2.20. The van der Waals surface area contributed by atoms with Gasteiger partial charge in [0.05, 0.1) is 11.0 Å². The first-order valence-electron chi connectivity index (χ1n) is 12.1. The number of benzene rings is 1. The fourth-order valence-corrected chi connectivity index (χ4v) is 4.25. The summed E-state index contributed by atoms with van der Waals surface area (Å²) in [4.78, 5) is 11.7. The van der Waals surface area contributed by atoms with Gasteiger partial charge in [-0.15, -0.1) is 0 Å². The van der Waals surface area contributed by atoms with Crippen molar-refractivity contribution >= 4 is 16.9 Å². The van der Waals surface area contributed by atoms with Gasteiger partial charge in [-0.1, -0.05) is 38.1 Å². The van der Waals surface area contributed by atoms with Crippen LogP contribution in [0.15, 0.2) is 78.5 Å². The molecule has 1 aliphatic rings. The molecule has 0 aliphatic carbocycles. The van der Waals surface area contributed by atoms with Crippen molar-refractivity contribution in [2.75, 3.05) is 19.4 Å². The molecule has 0 radical (unpaired) electrons. The Balaban J connectivity index is 1.45. The molecule has 1 aliphatic heterocycles. The van der Waals surface area contributed by atoms with Gasteiger partial charge in [0.25, 0.3) is 0 Å². The average Bonchev–Trinajstić information content (AvgIpc) is 3.25. The van der Waals surface area contributed by atoms with Crippen molar-refractivity contribution in [1.82, 2.24) is 35.5 Å². The standard InChI is InChI=1S/C28H32N8/c1-18(2)21-13-27(33-30-15-21)32-26-11-10-24-25(31-26)12-22(14-29-24)23-17-36(5)34-28(23)20-8-6-19(7-9-20)16-35(3)4/h6-15,17-18,30,33H,16H2,1-5H3,(H,31,32). The van der Waals surface area contributed by atoms with Gasteiger partial charge >= 0.3 is 0 Å². The van der Waals surface area contributed by atoms with Gasteiger partial charge in [0, 0.05) is 48.9 Å². The van der Waals surface area contributed by atoms with E-state index in [4.69, 9.17) is 10.1 Å². The summed E-state index contributed by atoms with van der Waals surface area (Å²) in [5.74, 6) is 2.02. The number of hydrogen-bond acceptors (Lipinski definition) is 7. The largest absolute Gasteiger partial charge is 0.325 e. The molecule has 0 fully saturated rings. The number of aryl methyl sites for hydroxylation is 1. The number of anilines is 1. The number of rotatable bonds is 7. The molecule has 5 rings (SSSR count). The number of nitrogens with one attached hydrogen (secondary N) is 3. The van der Waals surface area contributed by atoms with E-state index in [-0.39, 0.29) is 0 Å². The number of pyridine rings is 2. The Labute approximate surface area is 211 Å². The third-order valence-corrected chi connectivity index (χ3v) is 6.09. The number of nitrogens with zero attached hydrogens (tertiary/aromatic N) is 5. The summed E-state index contributed by atoms with van der Waals surface area (Å²) in [6.45, 7) is 5.24. The van der Waals surface area contributed by atoms with Crippen LogP contribution < -0.4 is 16.2 Å². The van der Waals surface area contributed by atoms with Crippen molar-refractivity contribution in [3.8, 4) is 22.4 Å². The van der Waals surface area contributed by atoms with E-state index >= 15 is 0 Å². The molecule has 8 nitrogen and oxygen atoms in total. The highest BCUT2D eigenvalue weighted by molar-refractivity contribution is 5.86. The molecular formula is C28H32N8. The minimum absolute atomic E-state index is 0.422. The lowest BCUT2D eigenvalue weighted by atomic mass is 10.0. The summed E-state index contributed by atoms with van der Waals surface area (Å²) in [6, 6.07) is 14.6. The van der Waals surface area contributed by atoms with Crippen LogP contribution in [0, 0.1) is 5.92 Å². The maximum Gasteiger partial charge on any atom is 0.132 e. The first-order chi connectivity index (χ1) is 17.4. The van der Waals surface area contributed by atoms with Crippen molar-refractivity contribution in [3.05, 3.63) is 84.1 Å². The van der Waals surface area contributed by atoms with Crippen LogP contribution in [0.4, 0.5) is 5.82 Å². The van der Waals surface area contributed by atoms with E-state index < -0.39 is 0 Å². The van der Waals surface area contributed by atoms with Gasteiger partial charge in [-0.2, -0.15) is 5.10 Å². The van der Waals surface area contributed by atoms with E-state index in [2.05, 4.69) is 90.4 Å². The number of fused-ring (bicyclic) bond motifs is 1. The zero-order chi connectivity index (χ0) is 25.2. The molecular weight excluding hydrogens is 448 g/mol. The fraction of sp³-hybridized carbons (Fsp3) is 0.250. The molecule has 0 saturated heterocycles. The summed E-state index contributed by atoms with van der Waals surface area (Å²) in [6.07, 6.45) is 8.00. The molecule has 4 aromatic rings. The number of aromatic nitrogens is 4. The topological polar surface area (TPSA) is 82.9 Å². The first-order valence-corrected chi connectivity index (χ1v) is 12.1. The van der Waals surface area contributed by atoms with Crippen molar-refractivity contribution in [1.29, 1.82) is 0 Å². The maximum atomic E-state index is 4.84. The molecule has 3 N–H and O–H groups in total. The molecule has 4 heterocycles. The first kappa shape index (κ1) is 23.6. The number of hydrogen-bond donors (Lipinski definition) is 3. The zero-order valence-corrected chi connectivity index (χ0v) is 21.4. The molecule has 0 unspecified atom stereocenters. The van der Waals surface area contributed by atoms with Gasteiger partial charge in [0.15, 0.2) is 0 Å². The van der Waals surface area contributed by atoms with E-state index in [9.17, 15) is 0 Å². The molecule has 0 saturated carbocycles. The van der Waals surface area contributed by atoms with Crippen LogP contribution in [0.1, 0.15) is 19.4 Å². The summed E-state index contributed by atoms with van der Waals surface area (Å²) >= 11 is 0. The maximum absolute atomic E-state index is 4.84. The van der Waals surface area contributed by atoms with Gasteiger partial charge in [0.2, 0.25) is 0 Å². The lowest BCUT2D eigenvalue weighted by Crippen LogP contribution is -2.33. The van der Waals surface area contributed by atoms with Crippen LogP contribution in [0.3, 0.4) is 0 Å². The fourth-order valence-electron chi connectivity index (χ4n) is 4.25. The number of allylic oxidation sites excluding steroid dienone is 2. The van der Waals surface area contributed by atoms with Gasteiger partial charge in [-0.25, -0.2) is 4.98 Å².